The number of nitrogens with one attached hydrogen (secondary N) is 2. The lowest BCUT2D eigenvalue weighted by molar-refractivity contribution is -0.121. The van der Waals surface area contributed by atoms with E-state index in [1.165, 1.54) is 0 Å². The van der Waals surface area contributed by atoms with E-state index < -0.39 is 0 Å². The molecule has 0 radical (unpaired) electrons. The van der Waals surface area contributed by atoms with Crippen molar-refractivity contribution in [1.82, 2.24) is 15.5 Å². The molecule has 2 N–H and O–H groups in total. The van der Waals surface area contributed by atoms with Crippen LogP contribution in [0.5, 0.6) is 5.75 Å². The van der Waals surface area contributed by atoms with E-state index in [9.17, 15) is 9.59 Å². The van der Waals surface area contributed by atoms with E-state index in [2.05, 4.69) is 20.8 Å². The fourth-order valence-electron chi connectivity index (χ4n) is 3.64. The fourth-order valence-corrected chi connectivity index (χ4v) is 3.64. The van der Waals surface area contributed by atoms with E-state index in [4.69, 9.17) is 4.74 Å². The Hall–Kier alpha value is -4.20. The van der Waals surface area contributed by atoms with Crippen molar-refractivity contribution in [2.75, 3.05) is 20.6 Å². The predicted molar refractivity (Wildman–Crippen MR) is 131 cm³/mol. The number of ether oxygens (including phenoxy) is 1. The van der Waals surface area contributed by atoms with Crippen LogP contribution >= 0.6 is 0 Å². The average Bonchev–Trinajstić information content (AvgIpc) is 3.27. The number of carbonyl (C=O) groups excluding carboxylic acids is 2. The number of fused-ring (bicyclic) bond motifs is 1. The summed E-state index contributed by atoms with van der Waals surface area (Å²) in [6.45, 7) is 0.671. The van der Waals surface area contributed by atoms with Gasteiger partial charge in [0.1, 0.15) is 12.4 Å². The van der Waals surface area contributed by atoms with Crippen LogP contribution in [0.1, 0.15) is 17.5 Å². The first-order valence-electron chi connectivity index (χ1n) is 11.1. The molecule has 0 unspecified atom stereocenters. The second kappa shape index (κ2) is 10.6. The van der Waals surface area contributed by atoms with Crippen LogP contribution in [0.25, 0.3) is 0 Å². The number of carbonyl (C=O) groups is 2. The molecule has 0 saturated heterocycles. The highest BCUT2D eigenvalue weighted by Crippen LogP contribution is 2.22. The number of hydrogen-bond acceptors (Lipinski definition) is 6. The highest BCUT2D eigenvalue weighted by molar-refractivity contribution is 6.27. The molecule has 1 aliphatic carbocycles. The Kier molecular flexibility index (Phi) is 7.17. The Labute approximate surface area is 198 Å². The highest BCUT2D eigenvalue weighted by atomic mass is 16.5. The van der Waals surface area contributed by atoms with E-state index in [0.717, 1.165) is 28.2 Å². The first kappa shape index (κ1) is 23.0. The molecule has 0 fully saturated rings. The number of amides is 2. The van der Waals surface area contributed by atoms with Gasteiger partial charge in [-0.15, -0.1) is 5.10 Å². The van der Waals surface area contributed by atoms with Crippen LogP contribution in [0.15, 0.2) is 88.2 Å². The second-order valence-corrected chi connectivity index (χ2v) is 8.06. The van der Waals surface area contributed by atoms with E-state index in [1.807, 2.05) is 66.7 Å². The van der Waals surface area contributed by atoms with Gasteiger partial charge in [0.25, 0.3) is 0 Å². The molecule has 2 aromatic carbocycles. The zero-order valence-electron chi connectivity index (χ0n) is 19.2. The summed E-state index contributed by atoms with van der Waals surface area (Å²) in [5, 5.41) is 14.0. The molecule has 2 amide bonds. The standard InChI is InChI=1S/C26H27N5O3/c1-27-25(33)16-31(2)26-22-15-20(10-13-23(22)29-30-26)28-24(32)14-18-8-11-21(12-9-18)34-17-19-6-4-3-5-7-19/h3-12,15H,13-14,16-17H2,1-2H3,(H,27,33)(H,28,32). The third-order valence-electron chi connectivity index (χ3n) is 5.47. The van der Waals surface area contributed by atoms with Gasteiger partial charge in [-0.25, -0.2) is 0 Å². The van der Waals surface area contributed by atoms with Gasteiger partial charge in [0.15, 0.2) is 5.84 Å². The molecule has 4 rings (SSSR count). The lowest BCUT2D eigenvalue weighted by Crippen LogP contribution is -2.38. The normalized spacial score (nSPS) is 14.2. The maximum Gasteiger partial charge on any atom is 0.239 e. The molecule has 34 heavy (non-hydrogen) atoms. The van der Waals surface area contributed by atoms with Crippen molar-refractivity contribution in [2.24, 2.45) is 10.2 Å². The van der Waals surface area contributed by atoms with Gasteiger partial charge in [0, 0.05) is 31.8 Å². The summed E-state index contributed by atoms with van der Waals surface area (Å²) in [5.41, 5.74) is 4.34. The predicted octanol–water partition coefficient (Wildman–Crippen LogP) is 2.58. The maximum atomic E-state index is 12.6. The van der Waals surface area contributed by atoms with Gasteiger partial charge in [0.05, 0.1) is 18.7 Å². The Balaban J connectivity index is 1.31. The summed E-state index contributed by atoms with van der Waals surface area (Å²) in [5.74, 6) is 1.14. The largest absolute Gasteiger partial charge is 0.489 e. The van der Waals surface area contributed by atoms with Gasteiger partial charge < -0.3 is 20.3 Å². The Morgan fingerprint density at radius 3 is 2.50 bits per heavy atom. The third-order valence-corrected chi connectivity index (χ3v) is 5.47. The van der Waals surface area contributed by atoms with E-state index in [0.29, 0.717) is 24.6 Å². The molecule has 8 heteroatoms. The lowest BCUT2D eigenvalue weighted by atomic mass is 9.99. The number of likely N-dealkylation sites (N-methyl/N-ethyl adjacent to an activating group) is 2. The molecule has 0 aromatic heterocycles. The number of rotatable bonds is 8. The smallest absolute Gasteiger partial charge is 0.239 e. The monoisotopic (exact) mass is 457 g/mol. The first-order chi connectivity index (χ1) is 16.5. The summed E-state index contributed by atoms with van der Waals surface area (Å²) >= 11 is 0. The van der Waals surface area contributed by atoms with Gasteiger partial charge in [-0.3, -0.25) is 9.59 Å². The van der Waals surface area contributed by atoms with Crippen LogP contribution in [0.2, 0.25) is 0 Å². The SMILES string of the molecule is CNC(=O)CN(C)C1=NN=C2CC=C(NC(=O)Cc3ccc(OCc4ccccc4)cc3)C=C21. The van der Waals surface area contributed by atoms with Crippen molar-refractivity contribution in [3.8, 4) is 5.75 Å². The summed E-state index contributed by atoms with van der Waals surface area (Å²) < 4.78 is 5.81. The molecule has 174 valence electrons. The lowest BCUT2D eigenvalue weighted by Gasteiger charge is -2.21. The van der Waals surface area contributed by atoms with Crippen molar-refractivity contribution in [2.45, 2.75) is 19.4 Å². The molecule has 1 aliphatic heterocycles. The Bertz CT molecular complexity index is 1180. The molecule has 2 aliphatic rings. The number of nitrogens with zero attached hydrogens (tertiary/aromatic N) is 3. The summed E-state index contributed by atoms with van der Waals surface area (Å²) in [6, 6.07) is 17.5. The summed E-state index contributed by atoms with van der Waals surface area (Å²) in [6.07, 6.45) is 4.58. The topological polar surface area (TPSA) is 95.4 Å². The van der Waals surface area contributed by atoms with Crippen molar-refractivity contribution < 1.29 is 14.3 Å². The van der Waals surface area contributed by atoms with Crippen LogP contribution < -0.4 is 15.4 Å². The third kappa shape index (κ3) is 5.78. The zero-order valence-corrected chi connectivity index (χ0v) is 19.2. The van der Waals surface area contributed by atoms with Gasteiger partial charge >= 0.3 is 0 Å². The molecular weight excluding hydrogens is 430 g/mol. The minimum absolute atomic E-state index is 0.114. The molecule has 1 heterocycles. The molecule has 0 bridgehead atoms. The molecule has 0 spiro atoms. The van der Waals surface area contributed by atoms with Crippen LogP contribution in [-0.4, -0.2) is 48.9 Å². The van der Waals surface area contributed by atoms with Gasteiger partial charge in [-0.2, -0.15) is 5.10 Å². The van der Waals surface area contributed by atoms with Crippen LogP contribution in [0.4, 0.5) is 0 Å². The van der Waals surface area contributed by atoms with Crippen LogP contribution in [-0.2, 0) is 22.6 Å². The van der Waals surface area contributed by atoms with E-state index in [-0.39, 0.29) is 24.8 Å². The van der Waals surface area contributed by atoms with Crippen molar-refractivity contribution in [3.05, 3.63) is 89.1 Å². The minimum atomic E-state index is -0.115. The van der Waals surface area contributed by atoms with Gasteiger partial charge in [-0.1, -0.05) is 48.5 Å². The minimum Gasteiger partial charge on any atom is -0.489 e. The van der Waals surface area contributed by atoms with Crippen LogP contribution in [0, 0.1) is 0 Å². The summed E-state index contributed by atoms with van der Waals surface area (Å²) in [7, 11) is 3.38. The average molecular weight is 458 g/mol. The fraction of sp³-hybridized carbons (Fsp3) is 0.231. The first-order valence-corrected chi connectivity index (χ1v) is 11.1. The van der Waals surface area contributed by atoms with Crippen molar-refractivity contribution in [3.63, 3.8) is 0 Å². The molecule has 0 atom stereocenters. The van der Waals surface area contributed by atoms with Crippen molar-refractivity contribution >= 4 is 23.4 Å². The number of allylic oxidation sites excluding steroid dienone is 2. The Morgan fingerprint density at radius 1 is 1.00 bits per heavy atom. The molecule has 2 aromatic rings. The van der Waals surface area contributed by atoms with Crippen molar-refractivity contribution in [1.29, 1.82) is 0 Å². The second-order valence-electron chi connectivity index (χ2n) is 8.06. The number of benzene rings is 2. The van der Waals surface area contributed by atoms with E-state index in [1.54, 1.807) is 19.0 Å². The maximum absolute atomic E-state index is 12.6. The Morgan fingerprint density at radius 2 is 1.76 bits per heavy atom. The number of amidine groups is 1. The number of hydrogen-bond donors (Lipinski definition) is 2. The molecule has 8 nitrogen and oxygen atoms in total. The van der Waals surface area contributed by atoms with E-state index >= 15 is 0 Å². The quantitative estimate of drug-likeness (QED) is 0.637. The molecule has 0 saturated carbocycles. The highest BCUT2D eigenvalue weighted by Gasteiger charge is 2.26. The molecular formula is C26H27N5O3. The zero-order chi connectivity index (χ0) is 23.9. The van der Waals surface area contributed by atoms with Gasteiger partial charge in [0.2, 0.25) is 11.8 Å². The summed E-state index contributed by atoms with van der Waals surface area (Å²) in [4.78, 5) is 26.1. The van der Waals surface area contributed by atoms with Gasteiger partial charge in [-0.05, 0) is 29.3 Å². The van der Waals surface area contributed by atoms with Crippen LogP contribution in [0.3, 0.4) is 0 Å².